The van der Waals surface area contributed by atoms with Gasteiger partial charge >= 0.3 is 0 Å². The molecular weight excluding hydrogens is 324 g/mol. The van der Waals surface area contributed by atoms with E-state index in [1.165, 1.54) is 10.6 Å². The molecule has 1 saturated carbocycles. The molecule has 20 heavy (non-hydrogen) atoms. The van der Waals surface area contributed by atoms with Gasteiger partial charge in [-0.25, -0.2) is 0 Å². The van der Waals surface area contributed by atoms with E-state index in [1.54, 1.807) is 12.3 Å². The highest BCUT2D eigenvalue weighted by Crippen LogP contribution is 2.36. The SMILES string of the molecule is O=C(Cn1cc(Br)ccc1=O)NCC1(CO)CCCC1. The van der Waals surface area contributed by atoms with E-state index < -0.39 is 0 Å². The van der Waals surface area contributed by atoms with Gasteiger partial charge in [-0.05, 0) is 34.8 Å². The van der Waals surface area contributed by atoms with Crippen molar-refractivity contribution in [2.75, 3.05) is 13.2 Å². The second-order valence-corrected chi connectivity index (χ2v) is 6.37. The van der Waals surface area contributed by atoms with Gasteiger partial charge < -0.3 is 15.0 Å². The van der Waals surface area contributed by atoms with Crippen LogP contribution in [0.1, 0.15) is 25.7 Å². The van der Waals surface area contributed by atoms with Crippen LogP contribution in [0.5, 0.6) is 0 Å². The minimum Gasteiger partial charge on any atom is -0.396 e. The Bertz CT molecular complexity index is 535. The Hall–Kier alpha value is -1.14. The summed E-state index contributed by atoms with van der Waals surface area (Å²) in [4.78, 5) is 23.5. The van der Waals surface area contributed by atoms with E-state index in [0.717, 1.165) is 30.2 Å². The van der Waals surface area contributed by atoms with Crippen molar-refractivity contribution in [2.45, 2.75) is 32.2 Å². The lowest BCUT2D eigenvalue weighted by Crippen LogP contribution is -2.40. The molecule has 1 amide bonds. The average molecular weight is 343 g/mol. The van der Waals surface area contributed by atoms with Crippen LogP contribution in [0.2, 0.25) is 0 Å². The van der Waals surface area contributed by atoms with Crippen LogP contribution < -0.4 is 10.9 Å². The van der Waals surface area contributed by atoms with E-state index >= 15 is 0 Å². The Morgan fingerprint density at radius 3 is 2.75 bits per heavy atom. The van der Waals surface area contributed by atoms with Crippen molar-refractivity contribution in [1.29, 1.82) is 0 Å². The number of hydrogen-bond acceptors (Lipinski definition) is 3. The number of aliphatic hydroxyl groups is 1. The Balaban J connectivity index is 1.92. The fourth-order valence-corrected chi connectivity index (χ4v) is 3.02. The Kier molecular flexibility index (Phi) is 4.99. The summed E-state index contributed by atoms with van der Waals surface area (Å²) in [5.74, 6) is -0.204. The summed E-state index contributed by atoms with van der Waals surface area (Å²) in [6.45, 7) is 0.578. The van der Waals surface area contributed by atoms with Gasteiger partial charge in [0.05, 0.1) is 6.61 Å². The number of carbonyl (C=O) groups is 1. The number of carbonyl (C=O) groups excluding carboxylic acids is 1. The van der Waals surface area contributed by atoms with Gasteiger partial charge in [-0.2, -0.15) is 0 Å². The maximum Gasteiger partial charge on any atom is 0.251 e. The molecule has 0 spiro atoms. The first-order valence-corrected chi connectivity index (χ1v) is 7.58. The van der Waals surface area contributed by atoms with Crippen LogP contribution in [0, 0.1) is 5.41 Å². The molecule has 110 valence electrons. The molecule has 1 aliphatic rings. The largest absolute Gasteiger partial charge is 0.396 e. The van der Waals surface area contributed by atoms with Crippen LogP contribution in [-0.2, 0) is 11.3 Å². The Labute approximate surface area is 126 Å². The first-order valence-electron chi connectivity index (χ1n) is 6.78. The summed E-state index contributed by atoms with van der Waals surface area (Å²) in [6, 6.07) is 3.07. The Morgan fingerprint density at radius 2 is 2.10 bits per heavy atom. The van der Waals surface area contributed by atoms with Crippen LogP contribution in [0.15, 0.2) is 27.6 Å². The maximum absolute atomic E-state index is 11.9. The van der Waals surface area contributed by atoms with Crippen molar-refractivity contribution in [1.82, 2.24) is 9.88 Å². The van der Waals surface area contributed by atoms with Gasteiger partial charge in [0.1, 0.15) is 6.54 Å². The zero-order chi connectivity index (χ0) is 14.6. The summed E-state index contributed by atoms with van der Waals surface area (Å²) >= 11 is 3.27. The van der Waals surface area contributed by atoms with Gasteiger partial charge in [-0.1, -0.05) is 12.8 Å². The normalized spacial score (nSPS) is 17.1. The molecular formula is C14H19BrN2O3. The zero-order valence-electron chi connectivity index (χ0n) is 11.3. The Morgan fingerprint density at radius 1 is 1.40 bits per heavy atom. The minimum atomic E-state index is -0.207. The van der Waals surface area contributed by atoms with Gasteiger partial charge in [0, 0.05) is 28.7 Å². The topological polar surface area (TPSA) is 71.3 Å². The number of amides is 1. The van der Waals surface area contributed by atoms with Gasteiger partial charge in [0.25, 0.3) is 5.56 Å². The molecule has 1 aromatic heterocycles. The number of pyridine rings is 1. The summed E-state index contributed by atoms with van der Waals surface area (Å²) in [7, 11) is 0. The molecule has 1 aromatic rings. The summed E-state index contributed by atoms with van der Waals surface area (Å²) in [5, 5.41) is 12.3. The first kappa shape index (κ1) is 15.3. The fraction of sp³-hybridized carbons (Fsp3) is 0.571. The predicted octanol–water partition coefficient (Wildman–Crippen LogP) is 1.28. The van der Waals surface area contributed by atoms with Crippen molar-refractivity contribution in [3.63, 3.8) is 0 Å². The number of nitrogens with one attached hydrogen (secondary N) is 1. The lowest BCUT2D eigenvalue weighted by molar-refractivity contribution is -0.122. The van der Waals surface area contributed by atoms with Gasteiger partial charge in [0.15, 0.2) is 0 Å². The van der Waals surface area contributed by atoms with Crippen LogP contribution in [0.25, 0.3) is 0 Å². The molecule has 2 N–H and O–H groups in total. The highest BCUT2D eigenvalue weighted by Gasteiger charge is 2.33. The number of hydrogen-bond donors (Lipinski definition) is 2. The second kappa shape index (κ2) is 6.54. The maximum atomic E-state index is 11.9. The third-order valence-corrected chi connectivity index (χ3v) is 4.39. The molecule has 0 saturated heterocycles. The lowest BCUT2D eigenvalue weighted by Gasteiger charge is -2.26. The van der Waals surface area contributed by atoms with Crippen molar-refractivity contribution >= 4 is 21.8 Å². The molecule has 2 rings (SSSR count). The molecule has 0 aliphatic heterocycles. The highest BCUT2D eigenvalue weighted by molar-refractivity contribution is 9.10. The quantitative estimate of drug-likeness (QED) is 0.846. The number of aliphatic hydroxyl groups excluding tert-OH is 1. The number of nitrogens with zero attached hydrogens (tertiary/aromatic N) is 1. The third kappa shape index (κ3) is 3.70. The van der Waals surface area contributed by atoms with Gasteiger partial charge in [-0.3, -0.25) is 9.59 Å². The summed E-state index contributed by atoms with van der Waals surface area (Å²) in [6.07, 6.45) is 5.68. The van der Waals surface area contributed by atoms with Gasteiger partial charge in [0.2, 0.25) is 5.91 Å². The van der Waals surface area contributed by atoms with E-state index in [9.17, 15) is 14.7 Å². The van der Waals surface area contributed by atoms with Crippen molar-refractivity contribution in [3.8, 4) is 0 Å². The third-order valence-electron chi connectivity index (χ3n) is 3.92. The zero-order valence-corrected chi connectivity index (χ0v) is 12.9. The first-order chi connectivity index (χ1) is 9.54. The number of aromatic nitrogens is 1. The number of halogens is 1. The smallest absolute Gasteiger partial charge is 0.251 e. The van der Waals surface area contributed by atoms with E-state index in [1.807, 2.05) is 0 Å². The van der Waals surface area contributed by atoms with Crippen molar-refractivity contribution in [2.24, 2.45) is 5.41 Å². The molecule has 0 bridgehead atoms. The van der Waals surface area contributed by atoms with Crippen LogP contribution in [0.3, 0.4) is 0 Å². The minimum absolute atomic E-state index is 0.000216. The van der Waals surface area contributed by atoms with Gasteiger partial charge in [-0.15, -0.1) is 0 Å². The summed E-state index contributed by atoms with van der Waals surface area (Å²) < 4.78 is 2.12. The fourth-order valence-electron chi connectivity index (χ4n) is 2.64. The molecule has 0 radical (unpaired) electrons. The van der Waals surface area contributed by atoms with Crippen molar-refractivity contribution in [3.05, 3.63) is 33.2 Å². The molecule has 5 nitrogen and oxygen atoms in total. The molecule has 1 aliphatic carbocycles. The standard InChI is InChI=1S/C14H19BrN2O3/c15-11-3-4-13(20)17(7-11)8-12(19)16-9-14(10-18)5-1-2-6-14/h3-4,7,18H,1-2,5-6,8-10H2,(H,16,19). The molecule has 0 unspecified atom stereocenters. The number of rotatable bonds is 5. The predicted molar refractivity (Wildman–Crippen MR) is 79.4 cm³/mol. The van der Waals surface area contributed by atoms with Crippen LogP contribution in [-0.4, -0.2) is 28.7 Å². The van der Waals surface area contributed by atoms with Crippen molar-refractivity contribution < 1.29 is 9.90 Å². The monoisotopic (exact) mass is 342 g/mol. The second-order valence-electron chi connectivity index (χ2n) is 5.46. The lowest BCUT2D eigenvalue weighted by atomic mass is 9.87. The molecule has 6 heteroatoms. The van der Waals surface area contributed by atoms with E-state index in [-0.39, 0.29) is 30.0 Å². The van der Waals surface area contributed by atoms with Crippen LogP contribution >= 0.6 is 15.9 Å². The van der Waals surface area contributed by atoms with Crippen LogP contribution in [0.4, 0.5) is 0 Å². The molecule has 0 atom stereocenters. The molecule has 1 fully saturated rings. The summed E-state index contributed by atoms with van der Waals surface area (Å²) in [5.41, 5.74) is -0.376. The van der Waals surface area contributed by atoms with E-state index in [4.69, 9.17) is 0 Å². The van der Waals surface area contributed by atoms with E-state index in [0.29, 0.717) is 6.54 Å². The van der Waals surface area contributed by atoms with E-state index in [2.05, 4.69) is 21.2 Å². The highest BCUT2D eigenvalue weighted by atomic mass is 79.9. The average Bonchev–Trinajstić information content (AvgIpc) is 2.90. The molecule has 1 heterocycles. The molecule has 0 aromatic carbocycles.